The standard InChI is InChI=1S/C14H27N5.HI/c1-4-16-14(17-7-5-6-13(2)3)18-9-11-19-10-8-15-12-19;/h8,10,12-13H,4-7,9,11H2,1-3H3,(H2,16,17,18);1H. The van der Waals surface area contributed by atoms with Gasteiger partial charge in [-0.3, -0.25) is 4.99 Å². The Hall–Kier alpha value is -0.790. The third-order valence-corrected chi connectivity index (χ3v) is 2.78. The lowest BCUT2D eigenvalue weighted by molar-refractivity contribution is 0.560. The molecule has 0 aliphatic carbocycles. The van der Waals surface area contributed by atoms with Crippen LogP contribution in [0.3, 0.4) is 0 Å². The molecule has 0 bridgehead atoms. The van der Waals surface area contributed by atoms with E-state index in [1.54, 1.807) is 6.20 Å². The zero-order valence-corrected chi connectivity index (χ0v) is 15.1. The van der Waals surface area contributed by atoms with Crippen molar-refractivity contribution in [2.24, 2.45) is 10.9 Å². The number of nitrogens with zero attached hydrogens (tertiary/aromatic N) is 3. The van der Waals surface area contributed by atoms with Crippen molar-refractivity contribution in [3.05, 3.63) is 18.7 Å². The summed E-state index contributed by atoms with van der Waals surface area (Å²) in [5, 5.41) is 6.60. The molecule has 0 fully saturated rings. The predicted octanol–water partition coefficient (Wildman–Crippen LogP) is 2.49. The largest absolute Gasteiger partial charge is 0.357 e. The van der Waals surface area contributed by atoms with Crippen molar-refractivity contribution >= 4 is 29.9 Å². The summed E-state index contributed by atoms with van der Waals surface area (Å²) in [6.45, 7) is 10.1. The number of halogens is 1. The average molecular weight is 393 g/mol. The van der Waals surface area contributed by atoms with Gasteiger partial charge >= 0.3 is 0 Å². The minimum atomic E-state index is 0. The van der Waals surface area contributed by atoms with Crippen molar-refractivity contribution in [1.29, 1.82) is 0 Å². The second-order valence-electron chi connectivity index (χ2n) is 5.02. The summed E-state index contributed by atoms with van der Waals surface area (Å²) < 4.78 is 2.05. The van der Waals surface area contributed by atoms with Gasteiger partial charge in [0.1, 0.15) is 0 Å². The lowest BCUT2D eigenvalue weighted by Gasteiger charge is -2.11. The molecule has 116 valence electrons. The van der Waals surface area contributed by atoms with Gasteiger partial charge in [0.2, 0.25) is 0 Å². The Morgan fingerprint density at radius 2 is 2.15 bits per heavy atom. The highest BCUT2D eigenvalue weighted by Gasteiger charge is 1.97. The van der Waals surface area contributed by atoms with E-state index in [1.165, 1.54) is 6.42 Å². The van der Waals surface area contributed by atoms with Gasteiger partial charge in [-0.25, -0.2) is 4.98 Å². The molecule has 6 heteroatoms. The molecule has 2 N–H and O–H groups in total. The molecular weight excluding hydrogens is 365 g/mol. The van der Waals surface area contributed by atoms with Crippen molar-refractivity contribution in [2.75, 3.05) is 19.6 Å². The fourth-order valence-electron chi connectivity index (χ4n) is 1.75. The minimum Gasteiger partial charge on any atom is -0.357 e. The maximum absolute atomic E-state index is 4.57. The Balaban J connectivity index is 0.00000361. The summed E-state index contributed by atoms with van der Waals surface area (Å²) in [6.07, 6.45) is 7.97. The summed E-state index contributed by atoms with van der Waals surface area (Å²) in [4.78, 5) is 8.60. The first-order valence-electron chi connectivity index (χ1n) is 7.20. The molecule has 0 radical (unpaired) electrons. The first kappa shape index (κ1) is 19.2. The van der Waals surface area contributed by atoms with Crippen molar-refractivity contribution in [2.45, 2.75) is 40.2 Å². The molecule has 0 amide bonds. The molecule has 1 heterocycles. The lowest BCUT2D eigenvalue weighted by Crippen LogP contribution is -2.38. The molecule has 0 aromatic carbocycles. The molecule has 0 unspecified atom stereocenters. The molecule has 20 heavy (non-hydrogen) atoms. The van der Waals surface area contributed by atoms with Gasteiger partial charge in [0.25, 0.3) is 0 Å². The Labute approximate surface area is 139 Å². The number of aliphatic imine (C=N–C) groups is 1. The second-order valence-corrected chi connectivity index (χ2v) is 5.02. The molecule has 0 spiro atoms. The van der Waals surface area contributed by atoms with Crippen molar-refractivity contribution in [3.63, 3.8) is 0 Å². The van der Waals surface area contributed by atoms with Crippen molar-refractivity contribution in [1.82, 2.24) is 20.2 Å². The second kappa shape index (κ2) is 12.0. The van der Waals surface area contributed by atoms with Crippen LogP contribution in [0.2, 0.25) is 0 Å². The average Bonchev–Trinajstić information content (AvgIpc) is 2.87. The third-order valence-electron chi connectivity index (χ3n) is 2.78. The quantitative estimate of drug-likeness (QED) is 0.309. The van der Waals surface area contributed by atoms with E-state index in [2.05, 4.69) is 45.9 Å². The normalized spacial score (nSPS) is 11.3. The van der Waals surface area contributed by atoms with Crippen LogP contribution in [0.5, 0.6) is 0 Å². The van der Waals surface area contributed by atoms with Crippen LogP contribution in [-0.2, 0) is 6.54 Å². The fourth-order valence-corrected chi connectivity index (χ4v) is 1.75. The highest BCUT2D eigenvalue weighted by Crippen LogP contribution is 2.02. The zero-order valence-electron chi connectivity index (χ0n) is 12.8. The number of nitrogens with one attached hydrogen (secondary N) is 2. The number of imidazole rings is 1. The molecule has 0 aliphatic heterocycles. The van der Waals surface area contributed by atoms with Gasteiger partial charge in [-0.1, -0.05) is 13.8 Å². The zero-order chi connectivity index (χ0) is 13.9. The van der Waals surface area contributed by atoms with Crippen molar-refractivity contribution < 1.29 is 0 Å². The first-order chi connectivity index (χ1) is 9.22. The van der Waals surface area contributed by atoms with E-state index in [1.807, 2.05) is 12.5 Å². The van der Waals surface area contributed by atoms with Gasteiger partial charge in [-0.05, 0) is 25.7 Å². The summed E-state index contributed by atoms with van der Waals surface area (Å²) in [7, 11) is 0. The van der Waals surface area contributed by atoms with Crippen LogP contribution in [0.4, 0.5) is 0 Å². The first-order valence-corrected chi connectivity index (χ1v) is 7.20. The Kier molecular flexibility index (Phi) is 11.5. The van der Waals surface area contributed by atoms with Crippen LogP contribution < -0.4 is 10.6 Å². The summed E-state index contributed by atoms with van der Waals surface area (Å²) in [6, 6.07) is 0. The Morgan fingerprint density at radius 1 is 1.35 bits per heavy atom. The van der Waals surface area contributed by atoms with Gasteiger partial charge in [-0.2, -0.15) is 0 Å². The van der Waals surface area contributed by atoms with Crippen LogP contribution >= 0.6 is 24.0 Å². The van der Waals surface area contributed by atoms with Crippen LogP contribution in [0.25, 0.3) is 0 Å². The van der Waals surface area contributed by atoms with Gasteiger partial charge < -0.3 is 15.2 Å². The smallest absolute Gasteiger partial charge is 0.191 e. The van der Waals surface area contributed by atoms with Crippen LogP contribution in [0.1, 0.15) is 33.6 Å². The molecule has 1 aromatic rings. The number of rotatable bonds is 8. The molecule has 0 atom stereocenters. The monoisotopic (exact) mass is 393 g/mol. The molecular formula is C14H28IN5. The van der Waals surface area contributed by atoms with E-state index in [9.17, 15) is 0 Å². The Bertz CT molecular complexity index is 348. The number of aromatic nitrogens is 2. The number of guanidine groups is 1. The summed E-state index contributed by atoms with van der Waals surface area (Å²) in [5.74, 6) is 1.67. The summed E-state index contributed by atoms with van der Waals surface area (Å²) >= 11 is 0. The molecule has 1 aromatic heterocycles. The topological polar surface area (TPSA) is 54.2 Å². The van der Waals surface area contributed by atoms with E-state index < -0.39 is 0 Å². The highest BCUT2D eigenvalue weighted by molar-refractivity contribution is 14.0. The third kappa shape index (κ3) is 9.17. The van der Waals surface area contributed by atoms with Gasteiger partial charge in [-0.15, -0.1) is 24.0 Å². The van der Waals surface area contributed by atoms with Crippen LogP contribution in [0.15, 0.2) is 23.7 Å². The lowest BCUT2D eigenvalue weighted by atomic mass is 10.1. The van der Waals surface area contributed by atoms with E-state index in [0.717, 1.165) is 44.5 Å². The SMILES string of the molecule is CCNC(=NCCCC(C)C)NCCn1ccnc1.I. The predicted molar refractivity (Wildman–Crippen MR) is 95.7 cm³/mol. The highest BCUT2D eigenvalue weighted by atomic mass is 127. The van der Waals surface area contributed by atoms with E-state index >= 15 is 0 Å². The molecule has 5 nitrogen and oxygen atoms in total. The molecule has 0 aliphatic rings. The summed E-state index contributed by atoms with van der Waals surface area (Å²) in [5.41, 5.74) is 0. The molecule has 0 saturated heterocycles. The maximum atomic E-state index is 4.57. The number of hydrogen-bond donors (Lipinski definition) is 2. The van der Waals surface area contributed by atoms with Crippen molar-refractivity contribution in [3.8, 4) is 0 Å². The van der Waals surface area contributed by atoms with E-state index in [0.29, 0.717) is 0 Å². The van der Waals surface area contributed by atoms with Gasteiger partial charge in [0.05, 0.1) is 6.33 Å². The Morgan fingerprint density at radius 3 is 2.75 bits per heavy atom. The number of hydrogen-bond acceptors (Lipinski definition) is 2. The van der Waals surface area contributed by atoms with E-state index in [-0.39, 0.29) is 24.0 Å². The van der Waals surface area contributed by atoms with E-state index in [4.69, 9.17) is 0 Å². The molecule has 1 rings (SSSR count). The molecule has 0 saturated carbocycles. The maximum Gasteiger partial charge on any atom is 0.191 e. The van der Waals surface area contributed by atoms with Crippen LogP contribution in [-0.4, -0.2) is 35.1 Å². The van der Waals surface area contributed by atoms with Gasteiger partial charge in [0.15, 0.2) is 5.96 Å². The fraction of sp³-hybridized carbons (Fsp3) is 0.714. The van der Waals surface area contributed by atoms with Crippen LogP contribution in [0, 0.1) is 5.92 Å². The van der Waals surface area contributed by atoms with Gasteiger partial charge in [0, 0.05) is 38.6 Å². The minimum absolute atomic E-state index is 0.